The van der Waals surface area contributed by atoms with Crippen molar-refractivity contribution in [2.75, 3.05) is 25.5 Å². The van der Waals surface area contributed by atoms with Gasteiger partial charge in [0.25, 0.3) is 0 Å². The molecular weight excluding hydrogens is 343 g/mol. The molecule has 1 aliphatic rings. The van der Waals surface area contributed by atoms with E-state index in [1.54, 1.807) is 19.1 Å². The summed E-state index contributed by atoms with van der Waals surface area (Å²) in [5, 5.41) is 24.3. The van der Waals surface area contributed by atoms with Crippen molar-refractivity contribution in [1.82, 2.24) is 15.1 Å². The van der Waals surface area contributed by atoms with E-state index in [-0.39, 0.29) is 5.75 Å². The zero-order valence-corrected chi connectivity index (χ0v) is 15.5. The van der Waals surface area contributed by atoms with Gasteiger partial charge in [-0.15, -0.1) is 10.2 Å². The number of aryl methyl sites for hydroxylation is 1. The van der Waals surface area contributed by atoms with E-state index >= 15 is 0 Å². The van der Waals surface area contributed by atoms with E-state index in [9.17, 15) is 9.50 Å². The van der Waals surface area contributed by atoms with Crippen LogP contribution in [0.15, 0.2) is 36.4 Å². The Balaban J connectivity index is 1.78. The number of hydrogen-bond donors (Lipinski definition) is 2. The van der Waals surface area contributed by atoms with E-state index in [2.05, 4.69) is 27.5 Å². The number of rotatable bonds is 3. The van der Waals surface area contributed by atoms with Gasteiger partial charge >= 0.3 is 0 Å². The van der Waals surface area contributed by atoms with Gasteiger partial charge in [-0.25, -0.2) is 4.39 Å². The van der Waals surface area contributed by atoms with Crippen LogP contribution < -0.4 is 5.32 Å². The lowest BCUT2D eigenvalue weighted by Crippen LogP contribution is -2.40. The second-order valence-electron chi connectivity index (χ2n) is 7.28. The summed E-state index contributed by atoms with van der Waals surface area (Å²) in [6.07, 6.45) is 2.24. The van der Waals surface area contributed by atoms with Crippen molar-refractivity contribution >= 4 is 16.6 Å². The van der Waals surface area contributed by atoms with Crippen LogP contribution in [-0.2, 0) is 0 Å². The van der Waals surface area contributed by atoms with Crippen LogP contribution in [-0.4, -0.2) is 46.4 Å². The van der Waals surface area contributed by atoms with Crippen LogP contribution in [0.4, 0.5) is 10.2 Å². The lowest BCUT2D eigenvalue weighted by atomic mass is 10.0. The number of phenolic OH excluding ortho intramolecular Hbond substituents is 1. The van der Waals surface area contributed by atoms with Crippen molar-refractivity contribution in [2.45, 2.75) is 25.8 Å². The molecule has 0 amide bonds. The molecule has 0 unspecified atom stereocenters. The van der Waals surface area contributed by atoms with Crippen LogP contribution in [0.2, 0.25) is 0 Å². The number of piperidine rings is 1. The van der Waals surface area contributed by atoms with Crippen LogP contribution in [0.25, 0.3) is 22.0 Å². The van der Waals surface area contributed by atoms with Crippen LogP contribution in [0, 0.1) is 12.7 Å². The molecule has 0 aliphatic carbocycles. The van der Waals surface area contributed by atoms with E-state index in [0.717, 1.165) is 42.5 Å². The van der Waals surface area contributed by atoms with Gasteiger partial charge in [-0.2, -0.15) is 0 Å². The lowest BCUT2D eigenvalue weighted by Gasteiger charge is -2.30. The molecule has 0 saturated carbocycles. The first-order chi connectivity index (χ1) is 13.0. The number of anilines is 1. The topological polar surface area (TPSA) is 61.3 Å². The molecule has 6 heteroatoms. The summed E-state index contributed by atoms with van der Waals surface area (Å²) in [7, 11) is 2.12. The Kier molecular flexibility index (Phi) is 4.66. The molecule has 0 bridgehead atoms. The monoisotopic (exact) mass is 366 g/mol. The van der Waals surface area contributed by atoms with Crippen molar-refractivity contribution in [3.63, 3.8) is 0 Å². The molecule has 140 valence electrons. The molecule has 27 heavy (non-hydrogen) atoms. The van der Waals surface area contributed by atoms with E-state index in [1.807, 2.05) is 24.3 Å². The summed E-state index contributed by atoms with van der Waals surface area (Å²) in [6.45, 7) is 3.69. The number of likely N-dealkylation sites (N-methyl/N-ethyl adjacent to an activating group) is 1. The molecule has 0 spiro atoms. The van der Waals surface area contributed by atoms with E-state index < -0.39 is 5.82 Å². The zero-order chi connectivity index (χ0) is 19.0. The first-order valence-corrected chi connectivity index (χ1v) is 9.23. The molecule has 2 N–H and O–H groups in total. The van der Waals surface area contributed by atoms with Crippen molar-refractivity contribution in [3.8, 4) is 17.0 Å². The first-order valence-electron chi connectivity index (χ1n) is 9.23. The van der Waals surface area contributed by atoms with Gasteiger partial charge in [0.05, 0.1) is 0 Å². The number of benzene rings is 2. The Morgan fingerprint density at radius 1 is 1.15 bits per heavy atom. The molecule has 0 radical (unpaired) electrons. The maximum atomic E-state index is 14.2. The average molecular weight is 366 g/mol. The highest BCUT2D eigenvalue weighted by Gasteiger charge is 2.21. The fourth-order valence-electron chi connectivity index (χ4n) is 3.74. The minimum absolute atomic E-state index is 0.317. The van der Waals surface area contributed by atoms with Gasteiger partial charge in [-0.05, 0) is 45.0 Å². The maximum Gasteiger partial charge on any atom is 0.168 e. The van der Waals surface area contributed by atoms with Crippen molar-refractivity contribution in [3.05, 3.63) is 47.8 Å². The number of nitrogens with one attached hydrogen (secondary N) is 1. The Bertz CT molecular complexity index is 991. The highest BCUT2D eigenvalue weighted by atomic mass is 19.1. The third-order valence-corrected chi connectivity index (χ3v) is 5.22. The average Bonchev–Trinajstić information content (AvgIpc) is 2.67. The van der Waals surface area contributed by atoms with Gasteiger partial charge in [-0.3, -0.25) is 0 Å². The van der Waals surface area contributed by atoms with Gasteiger partial charge < -0.3 is 15.3 Å². The molecule has 5 nitrogen and oxygen atoms in total. The molecule has 4 rings (SSSR count). The third kappa shape index (κ3) is 3.32. The van der Waals surface area contributed by atoms with Crippen LogP contribution in [0.1, 0.15) is 18.4 Å². The summed E-state index contributed by atoms with van der Waals surface area (Å²) in [5.41, 5.74) is 1.23. The predicted molar refractivity (Wildman–Crippen MR) is 105 cm³/mol. The standard InChI is InChI=1S/C21H23FN4O/c1-13-9-10-17(20(27)18(13)22)19-15-7-3-4-8-16(15)21(25-24-19)23-14-6-5-11-26(2)12-14/h3-4,7-10,14,27H,5-6,11-12H2,1-2H3,(H,23,25)/t14-/m1/s1. The molecule has 1 atom stereocenters. The number of likely N-dealkylation sites (tertiary alicyclic amines) is 1. The predicted octanol–water partition coefficient (Wildman–Crippen LogP) is 3.96. The Hall–Kier alpha value is -2.73. The third-order valence-electron chi connectivity index (χ3n) is 5.22. The van der Waals surface area contributed by atoms with Gasteiger partial charge in [0.2, 0.25) is 0 Å². The Labute approximate surface area is 157 Å². The van der Waals surface area contributed by atoms with Gasteiger partial charge in [0, 0.05) is 28.9 Å². The number of aromatic hydroxyl groups is 1. The zero-order valence-electron chi connectivity index (χ0n) is 15.5. The van der Waals surface area contributed by atoms with Crippen molar-refractivity contribution in [1.29, 1.82) is 0 Å². The molecular formula is C21H23FN4O. The fraction of sp³-hybridized carbons (Fsp3) is 0.333. The first kappa shape index (κ1) is 17.7. The van der Waals surface area contributed by atoms with E-state index in [1.165, 1.54) is 0 Å². The number of aromatic nitrogens is 2. The molecule has 1 saturated heterocycles. The van der Waals surface area contributed by atoms with Crippen LogP contribution in [0.3, 0.4) is 0 Å². The lowest BCUT2D eigenvalue weighted by molar-refractivity contribution is 0.261. The Morgan fingerprint density at radius 2 is 1.93 bits per heavy atom. The number of nitrogens with zero attached hydrogens (tertiary/aromatic N) is 3. The van der Waals surface area contributed by atoms with Gasteiger partial charge in [0.1, 0.15) is 5.69 Å². The number of phenols is 1. The quantitative estimate of drug-likeness (QED) is 0.735. The van der Waals surface area contributed by atoms with Gasteiger partial charge in [-0.1, -0.05) is 30.3 Å². The molecule has 2 heterocycles. The second kappa shape index (κ2) is 7.12. The molecule has 1 aliphatic heterocycles. The molecule has 1 aromatic heterocycles. The molecule has 2 aromatic carbocycles. The summed E-state index contributed by atoms with van der Waals surface area (Å²) in [4.78, 5) is 2.30. The number of hydrogen-bond acceptors (Lipinski definition) is 5. The largest absolute Gasteiger partial charge is 0.504 e. The fourth-order valence-corrected chi connectivity index (χ4v) is 3.74. The molecule has 1 fully saturated rings. The minimum Gasteiger partial charge on any atom is -0.504 e. The Morgan fingerprint density at radius 3 is 2.70 bits per heavy atom. The van der Waals surface area contributed by atoms with Crippen LogP contribution >= 0.6 is 0 Å². The highest BCUT2D eigenvalue weighted by Crippen LogP contribution is 2.37. The van der Waals surface area contributed by atoms with E-state index in [4.69, 9.17) is 0 Å². The molecule has 3 aromatic rings. The van der Waals surface area contributed by atoms with Crippen molar-refractivity contribution in [2.24, 2.45) is 0 Å². The van der Waals surface area contributed by atoms with Crippen LogP contribution in [0.5, 0.6) is 5.75 Å². The van der Waals surface area contributed by atoms with E-state index in [0.29, 0.717) is 22.9 Å². The minimum atomic E-state index is -0.620. The summed E-state index contributed by atoms with van der Waals surface area (Å²) in [5.74, 6) is -0.281. The summed E-state index contributed by atoms with van der Waals surface area (Å²) >= 11 is 0. The number of halogens is 1. The summed E-state index contributed by atoms with van der Waals surface area (Å²) in [6, 6.07) is 11.4. The maximum absolute atomic E-state index is 14.2. The summed E-state index contributed by atoms with van der Waals surface area (Å²) < 4.78 is 14.2. The smallest absolute Gasteiger partial charge is 0.168 e. The SMILES string of the molecule is Cc1ccc(-c2nnc(N[C@@H]3CCCN(C)C3)c3ccccc23)c(O)c1F. The van der Waals surface area contributed by atoms with Crippen molar-refractivity contribution < 1.29 is 9.50 Å². The highest BCUT2D eigenvalue weighted by molar-refractivity contribution is 6.00. The normalized spacial score (nSPS) is 18.0. The second-order valence-corrected chi connectivity index (χ2v) is 7.28. The number of fused-ring (bicyclic) bond motifs is 1. The van der Waals surface area contributed by atoms with Gasteiger partial charge in [0.15, 0.2) is 17.4 Å².